The Morgan fingerprint density at radius 3 is 1.96 bits per heavy atom. The average Bonchev–Trinajstić information content (AvgIpc) is 2.78. The molecule has 2 aliphatic heterocycles. The van der Waals surface area contributed by atoms with Crippen LogP contribution in [0.15, 0.2) is 0 Å². The Hall–Kier alpha value is -1.59. The van der Waals surface area contributed by atoms with Crippen LogP contribution in [0.5, 0.6) is 0 Å². The zero-order valence-corrected chi connectivity index (χ0v) is 14.9. The number of nitrogens with zero attached hydrogens (tertiary/aromatic N) is 2. The van der Waals surface area contributed by atoms with Gasteiger partial charge in [-0.2, -0.15) is 0 Å². The van der Waals surface area contributed by atoms with E-state index in [1.807, 2.05) is 4.90 Å². The lowest BCUT2D eigenvalue weighted by molar-refractivity contribution is -0.160. The van der Waals surface area contributed by atoms with Gasteiger partial charge in [-0.05, 0) is 69.1 Å². The van der Waals surface area contributed by atoms with Gasteiger partial charge in [-0.25, -0.2) is 4.79 Å². The lowest BCUT2D eigenvalue weighted by Gasteiger charge is -2.57. The quantitative estimate of drug-likeness (QED) is 0.736. The number of imide groups is 1. The third-order valence-electron chi connectivity index (χ3n) is 7.76. The molecule has 4 saturated carbocycles. The van der Waals surface area contributed by atoms with Gasteiger partial charge >= 0.3 is 6.03 Å². The third-order valence-corrected chi connectivity index (χ3v) is 7.76. The molecule has 2 heterocycles. The van der Waals surface area contributed by atoms with E-state index < -0.39 is 5.54 Å². The van der Waals surface area contributed by atoms with E-state index in [2.05, 4.69) is 5.32 Å². The lowest BCUT2D eigenvalue weighted by Crippen LogP contribution is -2.60. The molecule has 6 rings (SSSR count). The molecule has 0 radical (unpaired) electrons. The Balaban J connectivity index is 1.31. The molecule has 0 aromatic rings. The van der Waals surface area contributed by atoms with Crippen molar-refractivity contribution < 1.29 is 14.4 Å². The van der Waals surface area contributed by atoms with Crippen LogP contribution in [0.3, 0.4) is 0 Å². The molecular formula is C19H27N3O3. The lowest BCUT2D eigenvalue weighted by atomic mass is 9.49. The molecule has 2 saturated heterocycles. The minimum absolute atomic E-state index is 0.112. The molecule has 1 spiro atoms. The van der Waals surface area contributed by atoms with Crippen molar-refractivity contribution in [1.29, 1.82) is 0 Å². The maximum Gasteiger partial charge on any atom is 0.324 e. The van der Waals surface area contributed by atoms with Crippen molar-refractivity contribution in [3.05, 3.63) is 0 Å². The summed E-state index contributed by atoms with van der Waals surface area (Å²) >= 11 is 0. The van der Waals surface area contributed by atoms with E-state index in [0.717, 1.165) is 37.0 Å². The largest absolute Gasteiger partial charge is 0.342 e. The zero-order chi connectivity index (χ0) is 17.4. The molecular weight excluding hydrogens is 318 g/mol. The fourth-order valence-electron chi connectivity index (χ4n) is 6.89. The highest BCUT2D eigenvalue weighted by molar-refractivity contribution is 6.06. The number of likely N-dealkylation sites (N-methyl/N-ethyl adjacent to an activating group) is 1. The van der Waals surface area contributed by atoms with Crippen molar-refractivity contribution in [2.24, 2.45) is 23.2 Å². The van der Waals surface area contributed by atoms with Crippen LogP contribution in [0.25, 0.3) is 0 Å². The summed E-state index contributed by atoms with van der Waals surface area (Å²) in [5.74, 6) is 2.48. The maximum absolute atomic E-state index is 13.4. The summed E-state index contributed by atoms with van der Waals surface area (Å²) in [6.45, 7) is 1.17. The molecule has 1 N–H and O–H groups in total. The van der Waals surface area contributed by atoms with Crippen molar-refractivity contribution in [2.75, 3.05) is 20.1 Å². The number of amides is 4. The van der Waals surface area contributed by atoms with Crippen molar-refractivity contribution in [3.8, 4) is 0 Å². The summed E-state index contributed by atoms with van der Waals surface area (Å²) in [4.78, 5) is 40.8. The summed E-state index contributed by atoms with van der Waals surface area (Å²) < 4.78 is 0. The molecule has 4 amide bonds. The van der Waals surface area contributed by atoms with Gasteiger partial charge in [0.1, 0.15) is 5.54 Å². The second-order valence-electron chi connectivity index (χ2n) is 9.37. The van der Waals surface area contributed by atoms with Gasteiger partial charge in [-0.1, -0.05) is 0 Å². The highest BCUT2D eigenvalue weighted by Gasteiger charge is 2.57. The number of urea groups is 1. The number of carbonyl (C=O) groups excluding carboxylic acids is 3. The first-order valence-corrected chi connectivity index (χ1v) is 9.80. The van der Waals surface area contributed by atoms with E-state index in [1.54, 1.807) is 0 Å². The molecule has 4 bridgehead atoms. The molecule has 136 valence electrons. The molecule has 0 aromatic heterocycles. The standard InChI is InChI=1S/C19H27N3O3/c1-21-16(24)19(20-17(21)25)2-4-22(5-3-19)15(23)18-9-12-6-13(10-18)8-14(7-12)11-18/h12-14H,2-11H2,1H3,(H,20,25). The first-order chi connectivity index (χ1) is 11.9. The van der Waals surface area contributed by atoms with Crippen LogP contribution in [0.2, 0.25) is 0 Å². The number of nitrogens with one attached hydrogen (secondary N) is 1. The average molecular weight is 345 g/mol. The Morgan fingerprint density at radius 2 is 1.52 bits per heavy atom. The predicted octanol–water partition coefficient (Wildman–Crippen LogP) is 1.75. The van der Waals surface area contributed by atoms with Crippen LogP contribution < -0.4 is 5.32 Å². The van der Waals surface area contributed by atoms with Crippen molar-refractivity contribution in [1.82, 2.24) is 15.1 Å². The SMILES string of the molecule is CN1C(=O)NC2(CCN(C(=O)C34CC5CC(CC(C5)C3)C4)CC2)C1=O. The minimum atomic E-state index is -0.774. The number of likely N-dealkylation sites (tertiary alicyclic amines) is 1. The van der Waals surface area contributed by atoms with Crippen molar-refractivity contribution in [2.45, 2.75) is 56.9 Å². The van der Waals surface area contributed by atoms with Crippen LogP contribution in [0.1, 0.15) is 51.4 Å². The molecule has 0 aromatic carbocycles. The van der Waals surface area contributed by atoms with Crippen molar-refractivity contribution >= 4 is 17.8 Å². The molecule has 6 aliphatic rings. The summed E-state index contributed by atoms with van der Waals surface area (Å²) in [6.07, 6.45) is 8.33. The van der Waals surface area contributed by atoms with E-state index in [4.69, 9.17) is 0 Å². The fourth-order valence-corrected chi connectivity index (χ4v) is 6.89. The van der Waals surface area contributed by atoms with Gasteiger partial charge in [0.05, 0.1) is 5.41 Å². The number of hydrogen-bond acceptors (Lipinski definition) is 3. The van der Waals surface area contributed by atoms with E-state index in [-0.39, 0.29) is 17.4 Å². The Bertz CT molecular complexity index is 615. The summed E-state index contributed by atoms with van der Waals surface area (Å²) in [7, 11) is 1.53. The Labute approximate surface area is 148 Å². The van der Waals surface area contributed by atoms with Crippen LogP contribution in [-0.2, 0) is 9.59 Å². The summed E-state index contributed by atoms with van der Waals surface area (Å²) in [6, 6.07) is -0.314. The van der Waals surface area contributed by atoms with Gasteiger partial charge < -0.3 is 10.2 Å². The van der Waals surface area contributed by atoms with Gasteiger partial charge in [-0.15, -0.1) is 0 Å². The van der Waals surface area contributed by atoms with Gasteiger partial charge in [0.15, 0.2) is 0 Å². The van der Waals surface area contributed by atoms with Gasteiger partial charge in [0, 0.05) is 20.1 Å². The Morgan fingerprint density at radius 1 is 1.00 bits per heavy atom. The minimum Gasteiger partial charge on any atom is -0.342 e. The van der Waals surface area contributed by atoms with Gasteiger partial charge in [-0.3, -0.25) is 14.5 Å². The normalized spacial score (nSPS) is 41.6. The molecule has 6 nitrogen and oxygen atoms in total. The van der Waals surface area contributed by atoms with E-state index in [9.17, 15) is 14.4 Å². The molecule has 6 fully saturated rings. The van der Waals surface area contributed by atoms with Crippen LogP contribution >= 0.6 is 0 Å². The van der Waals surface area contributed by atoms with Gasteiger partial charge in [0.25, 0.3) is 5.91 Å². The number of piperidine rings is 1. The third kappa shape index (κ3) is 2.12. The predicted molar refractivity (Wildman–Crippen MR) is 90.5 cm³/mol. The first-order valence-electron chi connectivity index (χ1n) is 9.80. The molecule has 6 heteroatoms. The van der Waals surface area contributed by atoms with Crippen LogP contribution in [-0.4, -0.2) is 53.3 Å². The molecule has 0 atom stereocenters. The van der Waals surface area contributed by atoms with Crippen LogP contribution in [0.4, 0.5) is 4.79 Å². The van der Waals surface area contributed by atoms with Gasteiger partial charge in [0.2, 0.25) is 5.91 Å². The number of hydrogen-bond donors (Lipinski definition) is 1. The molecule has 0 unspecified atom stereocenters. The molecule has 25 heavy (non-hydrogen) atoms. The fraction of sp³-hybridized carbons (Fsp3) is 0.842. The monoisotopic (exact) mass is 345 g/mol. The zero-order valence-electron chi connectivity index (χ0n) is 14.9. The number of rotatable bonds is 1. The van der Waals surface area contributed by atoms with E-state index in [1.165, 1.54) is 31.2 Å². The number of carbonyl (C=O) groups is 3. The van der Waals surface area contributed by atoms with Crippen molar-refractivity contribution in [3.63, 3.8) is 0 Å². The highest BCUT2D eigenvalue weighted by Crippen LogP contribution is 2.60. The summed E-state index contributed by atoms with van der Waals surface area (Å²) in [5.41, 5.74) is -0.886. The highest BCUT2D eigenvalue weighted by atomic mass is 16.2. The van der Waals surface area contributed by atoms with E-state index in [0.29, 0.717) is 31.8 Å². The Kier molecular flexibility index (Phi) is 3.12. The smallest absolute Gasteiger partial charge is 0.324 e. The second kappa shape index (κ2) is 4.98. The second-order valence-corrected chi connectivity index (χ2v) is 9.37. The maximum atomic E-state index is 13.4. The summed E-state index contributed by atoms with van der Waals surface area (Å²) in [5, 5.41) is 2.86. The molecule has 4 aliphatic carbocycles. The van der Waals surface area contributed by atoms with E-state index >= 15 is 0 Å². The first kappa shape index (κ1) is 15.6. The topological polar surface area (TPSA) is 69.7 Å². The van der Waals surface area contributed by atoms with Crippen LogP contribution in [0, 0.1) is 23.2 Å².